The van der Waals surface area contributed by atoms with Gasteiger partial charge in [0, 0.05) is 49.7 Å². The van der Waals surface area contributed by atoms with Crippen LogP contribution in [0.1, 0.15) is 0 Å². The molecule has 2 heterocycles. The molecule has 0 aliphatic rings. The SMILES string of the molecule is c1ccc(N(c2ccc(-c3cccc(-n4c5ccccc5c5ccccc54)c3)cc2)c2cccc(-c3ccc4c(c3)oc3c5ccccc5ccc43)c2)cc1. The summed E-state index contributed by atoms with van der Waals surface area (Å²) >= 11 is 0. The predicted octanol–water partition coefficient (Wildman–Crippen LogP) is 14.6. The molecular weight excluding hydrogens is 669 g/mol. The minimum Gasteiger partial charge on any atom is -0.455 e. The van der Waals surface area contributed by atoms with Gasteiger partial charge in [0.05, 0.1) is 11.0 Å². The van der Waals surface area contributed by atoms with Crippen molar-refractivity contribution >= 4 is 71.6 Å². The number of hydrogen-bond donors (Lipinski definition) is 0. The number of benzene rings is 9. The average Bonchev–Trinajstić information content (AvgIpc) is 3.80. The molecule has 9 aromatic carbocycles. The van der Waals surface area contributed by atoms with Gasteiger partial charge in [0.2, 0.25) is 0 Å². The van der Waals surface area contributed by atoms with E-state index >= 15 is 0 Å². The van der Waals surface area contributed by atoms with Crippen LogP contribution in [0.25, 0.3) is 82.5 Å². The number of para-hydroxylation sites is 3. The van der Waals surface area contributed by atoms with Crippen LogP contribution in [0.15, 0.2) is 211 Å². The van der Waals surface area contributed by atoms with Crippen molar-refractivity contribution in [2.45, 2.75) is 0 Å². The molecule has 2 aromatic heterocycles. The Morgan fingerprint density at radius 2 is 0.927 bits per heavy atom. The third kappa shape index (κ3) is 5.20. The van der Waals surface area contributed by atoms with Crippen LogP contribution in [-0.4, -0.2) is 4.57 Å². The Balaban J connectivity index is 0.964. The Hall–Kier alpha value is -7.36. The van der Waals surface area contributed by atoms with Crippen LogP contribution in [0.5, 0.6) is 0 Å². The molecule has 0 aliphatic heterocycles. The van der Waals surface area contributed by atoms with Crippen LogP contribution < -0.4 is 4.90 Å². The first-order valence-corrected chi connectivity index (χ1v) is 18.8. The fourth-order valence-corrected chi connectivity index (χ4v) is 8.36. The monoisotopic (exact) mass is 702 g/mol. The summed E-state index contributed by atoms with van der Waals surface area (Å²) in [6.07, 6.45) is 0. The number of furan rings is 1. The lowest BCUT2D eigenvalue weighted by molar-refractivity contribution is 0.673. The number of fused-ring (bicyclic) bond motifs is 8. The van der Waals surface area contributed by atoms with E-state index in [4.69, 9.17) is 4.42 Å². The van der Waals surface area contributed by atoms with Crippen molar-refractivity contribution in [2.75, 3.05) is 4.90 Å². The summed E-state index contributed by atoms with van der Waals surface area (Å²) in [6, 6.07) is 73.9. The van der Waals surface area contributed by atoms with Gasteiger partial charge in [0.15, 0.2) is 0 Å². The van der Waals surface area contributed by atoms with Crippen molar-refractivity contribution in [1.82, 2.24) is 4.57 Å². The van der Waals surface area contributed by atoms with Crippen LogP contribution in [-0.2, 0) is 0 Å². The second-order valence-electron chi connectivity index (χ2n) is 14.2. The lowest BCUT2D eigenvalue weighted by Crippen LogP contribution is -2.09. The molecule has 0 radical (unpaired) electrons. The van der Waals surface area contributed by atoms with Crippen LogP contribution in [0, 0.1) is 0 Å². The van der Waals surface area contributed by atoms with Gasteiger partial charge in [-0.25, -0.2) is 0 Å². The van der Waals surface area contributed by atoms with Crippen molar-refractivity contribution in [3.63, 3.8) is 0 Å². The first-order valence-electron chi connectivity index (χ1n) is 18.8. The van der Waals surface area contributed by atoms with Gasteiger partial charge in [-0.05, 0) is 107 Å². The highest BCUT2D eigenvalue weighted by molar-refractivity contribution is 6.15. The number of aromatic nitrogens is 1. The number of nitrogens with zero attached hydrogens (tertiary/aromatic N) is 2. The summed E-state index contributed by atoms with van der Waals surface area (Å²) in [5.74, 6) is 0. The molecule has 0 bridgehead atoms. The first-order chi connectivity index (χ1) is 27.3. The van der Waals surface area contributed by atoms with E-state index in [1.54, 1.807) is 0 Å². The maximum Gasteiger partial charge on any atom is 0.143 e. The van der Waals surface area contributed by atoms with Gasteiger partial charge in [0.25, 0.3) is 0 Å². The molecule has 55 heavy (non-hydrogen) atoms. The smallest absolute Gasteiger partial charge is 0.143 e. The largest absolute Gasteiger partial charge is 0.455 e. The van der Waals surface area contributed by atoms with Gasteiger partial charge in [0.1, 0.15) is 11.2 Å². The Bertz CT molecular complexity index is 3150. The van der Waals surface area contributed by atoms with Gasteiger partial charge in [-0.2, -0.15) is 0 Å². The second kappa shape index (κ2) is 12.6. The summed E-state index contributed by atoms with van der Waals surface area (Å²) in [4.78, 5) is 2.33. The third-order valence-electron chi connectivity index (χ3n) is 11.0. The summed E-state index contributed by atoms with van der Waals surface area (Å²) in [5.41, 5.74) is 13.3. The predicted molar refractivity (Wildman–Crippen MR) is 231 cm³/mol. The molecule has 0 atom stereocenters. The van der Waals surface area contributed by atoms with E-state index in [0.29, 0.717) is 0 Å². The highest BCUT2D eigenvalue weighted by Crippen LogP contribution is 2.40. The summed E-state index contributed by atoms with van der Waals surface area (Å²) < 4.78 is 8.92. The molecule has 3 nitrogen and oxygen atoms in total. The highest BCUT2D eigenvalue weighted by Gasteiger charge is 2.16. The van der Waals surface area contributed by atoms with Crippen LogP contribution in [0.4, 0.5) is 17.1 Å². The zero-order valence-corrected chi connectivity index (χ0v) is 29.9. The van der Waals surface area contributed by atoms with Gasteiger partial charge < -0.3 is 13.9 Å². The van der Waals surface area contributed by atoms with E-state index < -0.39 is 0 Å². The first kappa shape index (κ1) is 31.2. The summed E-state index contributed by atoms with van der Waals surface area (Å²) in [6.45, 7) is 0. The molecule has 0 unspecified atom stereocenters. The molecule has 0 aliphatic carbocycles. The lowest BCUT2D eigenvalue weighted by Gasteiger charge is -2.26. The van der Waals surface area contributed by atoms with Crippen molar-refractivity contribution < 1.29 is 4.42 Å². The number of hydrogen-bond acceptors (Lipinski definition) is 2. The Morgan fingerprint density at radius 3 is 1.71 bits per heavy atom. The minimum absolute atomic E-state index is 0.895. The van der Waals surface area contributed by atoms with E-state index in [2.05, 4.69) is 216 Å². The molecule has 0 saturated carbocycles. The van der Waals surface area contributed by atoms with Crippen LogP contribution >= 0.6 is 0 Å². The summed E-state index contributed by atoms with van der Waals surface area (Å²) in [7, 11) is 0. The number of rotatable bonds is 6. The highest BCUT2D eigenvalue weighted by atomic mass is 16.3. The van der Waals surface area contributed by atoms with Crippen molar-refractivity contribution in [1.29, 1.82) is 0 Å². The molecular formula is C52H34N2O. The van der Waals surface area contributed by atoms with Crippen molar-refractivity contribution in [3.8, 4) is 27.9 Å². The molecule has 0 N–H and O–H groups in total. The molecule has 11 aromatic rings. The normalized spacial score (nSPS) is 11.6. The van der Waals surface area contributed by atoms with Crippen LogP contribution in [0.3, 0.4) is 0 Å². The Kier molecular flexibility index (Phi) is 7.17. The molecule has 3 heteroatoms. The molecule has 0 amide bonds. The maximum absolute atomic E-state index is 6.55. The second-order valence-corrected chi connectivity index (χ2v) is 14.2. The van der Waals surface area contributed by atoms with Crippen molar-refractivity contribution in [3.05, 3.63) is 206 Å². The van der Waals surface area contributed by atoms with Gasteiger partial charge in [-0.1, -0.05) is 127 Å². The van der Waals surface area contributed by atoms with Crippen LogP contribution in [0.2, 0.25) is 0 Å². The van der Waals surface area contributed by atoms with E-state index in [1.807, 2.05) is 0 Å². The fraction of sp³-hybridized carbons (Fsp3) is 0. The van der Waals surface area contributed by atoms with E-state index in [-0.39, 0.29) is 0 Å². The summed E-state index contributed by atoms with van der Waals surface area (Å²) in [5, 5.41) is 7.13. The lowest BCUT2D eigenvalue weighted by atomic mass is 10.0. The molecule has 0 fully saturated rings. The minimum atomic E-state index is 0.895. The molecule has 0 spiro atoms. The quantitative estimate of drug-likeness (QED) is 0.172. The Labute approximate surface area is 318 Å². The third-order valence-corrected chi connectivity index (χ3v) is 11.0. The molecule has 11 rings (SSSR count). The fourth-order valence-electron chi connectivity index (χ4n) is 8.36. The van der Waals surface area contributed by atoms with E-state index in [9.17, 15) is 0 Å². The van der Waals surface area contributed by atoms with Crippen molar-refractivity contribution in [2.24, 2.45) is 0 Å². The van der Waals surface area contributed by atoms with Gasteiger partial charge in [-0.15, -0.1) is 0 Å². The zero-order valence-electron chi connectivity index (χ0n) is 29.9. The van der Waals surface area contributed by atoms with E-state index in [0.717, 1.165) is 61.2 Å². The maximum atomic E-state index is 6.55. The molecule has 258 valence electrons. The van der Waals surface area contributed by atoms with E-state index in [1.165, 1.54) is 38.3 Å². The molecule has 0 saturated heterocycles. The number of anilines is 3. The Morgan fingerprint density at radius 1 is 0.345 bits per heavy atom. The average molecular weight is 703 g/mol. The zero-order chi connectivity index (χ0) is 36.3. The van der Waals surface area contributed by atoms with Gasteiger partial charge >= 0.3 is 0 Å². The standard InChI is InChI=1S/C52H34N2O/c1-2-15-40(16-3-1)53(42-17-11-14-38(33-42)39-27-30-47-48-31-26-36-12-4-5-19-44(36)52(48)55-51(47)34-39)41-28-24-35(25-29-41)37-13-10-18-43(32-37)54-49-22-8-6-20-45(49)46-21-7-9-23-50(46)54/h1-34H. The topological polar surface area (TPSA) is 21.3 Å². The van der Waals surface area contributed by atoms with Gasteiger partial charge in [-0.3, -0.25) is 0 Å².